The molecule has 0 spiro atoms. The molecule has 124 valence electrons. The van der Waals surface area contributed by atoms with Gasteiger partial charge in [-0.15, -0.1) is 0 Å². The third-order valence-corrected chi connectivity index (χ3v) is 3.73. The summed E-state index contributed by atoms with van der Waals surface area (Å²) in [6.45, 7) is 0.0252. The Kier molecular flexibility index (Phi) is 4.28. The van der Waals surface area contributed by atoms with E-state index < -0.39 is 16.4 Å². The fourth-order valence-electron chi connectivity index (χ4n) is 2.56. The van der Waals surface area contributed by atoms with Crippen LogP contribution in [0.15, 0.2) is 47.4 Å². The van der Waals surface area contributed by atoms with Gasteiger partial charge in [0.05, 0.1) is 17.7 Å². The molecule has 1 atom stereocenters. The summed E-state index contributed by atoms with van der Waals surface area (Å²) in [5.41, 5.74) is 0.379. The number of amides is 1. The number of hydrogen-bond acceptors (Lipinski definition) is 5. The topological polar surface area (TPSA) is 103 Å². The van der Waals surface area contributed by atoms with Gasteiger partial charge in [-0.3, -0.25) is 24.3 Å². The van der Waals surface area contributed by atoms with Gasteiger partial charge in [0.15, 0.2) is 0 Å². The maximum Gasteiger partial charge on any atom is 0.285 e. The minimum atomic E-state index is -0.614. The van der Waals surface area contributed by atoms with E-state index in [9.17, 15) is 19.7 Å². The molecule has 1 N–H and O–H groups in total. The van der Waals surface area contributed by atoms with Crippen molar-refractivity contribution in [2.75, 3.05) is 6.54 Å². The van der Waals surface area contributed by atoms with Crippen LogP contribution in [0.25, 0.3) is 0 Å². The van der Waals surface area contributed by atoms with Gasteiger partial charge < -0.3 is 10.1 Å². The molecule has 0 saturated carbocycles. The van der Waals surface area contributed by atoms with E-state index in [1.807, 2.05) is 24.3 Å². The van der Waals surface area contributed by atoms with E-state index in [4.69, 9.17) is 4.74 Å². The van der Waals surface area contributed by atoms with Crippen molar-refractivity contribution in [3.05, 3.63) is 68.6 Å². The molecule has 1 amide bonds. The van der Waals surface area contributed by atoms with Crippen LogP contribution in [0.2, 0.25) is 0 Å². The summed E-state index contributed by atoms with van der Waals surface area (Å²) in [5.74, 6) is 0.406. The number of nitro groups is 1. The smallest absolute Gasteiger partial charge is 0.285 e. The van der Waals surface area contributed by atoms with Crippen LogP contribution in [-0.2, 0) is 17.8 Å². The monoisotopic (exact) mass is 329 g/mol. The van der Waals surface area contributed by atoms with Crippen LogP contribution in [0.3, 0.4) is 0 Å². The summed E-state index contributed by atoms with van der Waals surface area (Å²) < 4.78 is 6.72. The van der Waals surface area contributed by atoms with E-state index in [2.05, 4.69) is 5.32 Å². The molecule has 0 bridgehead atoms. The van der Waals surface area contributed by atoms with Crippen LogP contribution in [0.5, 0.6) is 5.75 Å². The number of carbonyl (C=O) groups excluding carboxylic acids is 1. The molecule has 0 saturated heterocycles. The molecule has 0 fully saturated rings. The molecule has 8 nitrogen and oxygen atoms in total. The second-order valence-electron chi connectivity index (χ2n) is 5.47. The number of hydrogen-bond donors (Lipinski definition) is 1. The Labute approximate surface area is 136 Å². The Morgan fingerprint density at radius 1 is 1.33 bits per heavy atom. The lowest BCUT2D eigenvalue weighted by Gasteiger charge is -2.12. The second-order valence-corrected chi connectivity index (χ2v) is 5.47. The van der Waals surface area contributed by atoms with Gasteiger partial charge in [-0.25, -0.2) is 0 Å². The van der Waals surface area contributed by atoms with Crippen molar-refractivity contribution in [3.63, 3.8) is 0 Å². The van der Waals surface area contributed by atoms with E-state index in [1.54, 1.807) is 0 Å². The third-order valence-electron chi connectivity index (χ3n) is 3.73. The average Bonchev–Trinajstić information content (AvgIpc) is 2.97. The molecule has 0 unspecified atom stereocenters. The predicted molar refractivity (Wildman–Crippen MR) is 84.9 cm³/mol. The van der Waals surface area contributed by atoms with E-state index >= 15 is 0 Å². The number of carbonyl (C=O) groups is 1. The molecule has 8 heteroatoms. The molecule has 1 aromatic heterocycles. The molecule has 0 radical (unpaired) electrons. The van der Waals surface area contributed by atoms with Crippen LogP contribution in [0.4, 0.5) is 5.69 Å². The van der Waals surface area contributed by atoms with Gasteiger partial charge in [-0.05, 0) is 11.6 Å². The highest BCUT2D eigenvalue weighted by molar-refractivity contribution is 5.75. The number of ether oxygens (including phenoxy) is 1. The molecular formula is C16H15N3O5. The number of fused-ring (bicyclic) bond motifs is 1. The van der Waals surface area contributed by atoms with Gasteiger partial charge in [0.1, 0.15) is 18.4 Å². The molecule has 24 heavy (non-hydrogen) atoms. The molecule has 1 aliphatic heterocycles. The highest BCUT2D eigenvalue weighted by Crippen LogP contribution is 2.27. The Balaban J connectivity index is 1.56. The molecule has 3 rings (SSSR count). The zero-order valence-corrected chi connectivity index (χ0v) is 12.7. The van der Waals surface area contributed by atoms with Crippen molar-refractivity contribution in [2.45, 2.75) is 19.1 Å². The van der Waals surface area contributed by atoms with Crippen molar-refractivity contribution < 1.29 is 14.5 Å². The van der Waals surface area contributed by atoms with E-state index in [1.165, 1.54) is 0 Å². The predicted octanol–water partition coefficient (Wildman–Crippen LogP) is 0.876. The number of rotatable bonds is 5. The first-order valence-corrected chi connectivity index (χ1v) is 7.39. The average molecular weight is 329 g/mol. The Morgan fingerprint density at radius 3 is 2.88 bits per heavy atom. The lowest BCUT2D eigenvalue weighted by molar-refractivity contribution is -0.385. The fourth-order valence-corrected chi connectivity index (χ4v) is 2.56. The lowest BCUT2D eigenvalue weighted by Crippen LogP contribution is -2.38. The van der Waals surface area contributed by atoms with E-state index in [0.717, 1.165) is 34.2 Å². The zero-order valence-electron chi connectivity index (χ0n) is 12.7. The van der Waals surface area contributed by atoms with Crippen LogP contribution in [0, 0.1) is 10.1 Å². The number of benzene rings is 1. The maximum absolute atomic E-state index is 12.0. The Bertz CT molecular complexity index is 821. The summed E-state index contributed by atoms with van der Waals surface area (Å²) in [4.78, 5) is 33.8. The standard InChI is InChI=1S/C16H15N3O5/c20-15(10-18-9-12(19(22)23)5-6-16(18)21)17-8-13-7-11-3-1-2-4-14(11)24-13/h1-6,9,13H,7-8,10H2,(H,17,20)/t13-/m1/s1. The number of para-hydroxylation sites is 1. The normalized spacial score (nSPS) is 15.4. The van der Waals surface area contributed by atoms with Crippen LogP contribution in [0.1, 0.15) is 5.56 Å². The highest BCUT2D eigenvalue weighted by Gasteiger charge is 2.22. The third kappa shape index (κ3) is 3.43. The van der Waals surface area contributed by atoms with Crippen molar-refractivity contribution in [2.24, 2.45) is 0 Å². The molecule has 1 aliphatic rings. The molecular weight excluding hydrogens is 314 g/mol. The minimum absolute atomic E-state index is 0.159. The van der Waals surface area contributed by atoms with Crippen LogP contribution >= 0.6 is 0 Å². The number of nitrogens with one attached hydrogen (secondary N) is 1. The largest absolute Gasteiger partial charge is 0.488 e. The lowest BCUT2D eigenvalue weighted by atomic mass is 10.1. The van der Waals surface area contributed by atoms with Crippen molar-refractivity contribution >= 4 is 11.6 Å². The van der Waals surface area contributed by atoms with Gasteiger partial charge in [0.2, 0.25) is 5.91 Å². The van der Waals surface area contributed by atoms with Gasteiger partial charge >= 0.3 is 0 Å². The summed E-state index contributed by atoms with van der Waals surface area (Å²) in [6, 6.07) is 9.84. The first kappa shape index (κ1) is 15.7. The molecule has 2 aromatic rings. The fraction of sp³-hybridized carbons (Fsp3) is 0.250. The number of pyridine rings is 1. The quantitative estimate of drug-likeness (QED) is 0.648. The van der Waals surface area contributed by atoms with Gasteiger partial charge in [-0.2, -0.15) is 0 Å². The first-order chi connectivity index (χ1) is 11.5. The molecule has 0 aliphatic carbocycles. The summed E-state index contributed by atoms with van der Waals surface area (Å²) in [6.07, 6.45) is 1.60. The first-order valence-electron chi connectivity index (χ1n) is 7.39. The van der Waals surface area contributed by atoms with Crippen molar-refractivity contribution in [1.29, 1.82) is 0 Å². The van der Waals surface area contributed by atoms with E-state index in [0.29, 0.717) is 13.0 Å². The van der Waals surface area contributed by atoms with E-state index in [-0.39, 0.29) is 18.3 Å². The van der Waals surface area contributed by atoms with Crippen LogP contribution < -0.4 is 15.6 Å². The van der Waals surface area contributed by atoms with Crippen molar-refractivity contribution in [1.82, 2.24) is 9.88 Å². The highest BCUT2D eigenvalue weighted by atomic mass is 16.6. The Hall–Kier alpha value is -3.16. The minimum Gasteiger partial charge on any atom is -0.488 e. The maximum atomic E-state index is 12.0. The SMILES string of the molecule is O=C(Cn1cc([N+](=O)[O-])ccc1=O)NC[C@H]1Cc2ccccc2O1. The number of aromatic nitrogens is 1. The summed E-state index contributed by atoms with van der Waals surface area (Å²) >= 11 is 0. The second kappa shape index (κ2) is 6.53. The molecule has 2 heterocycles. The van der Waals surface area contributed by atoms with Gasteiger partial charge in [0, 0.05) is 18.6 Å². The van der Waals surface area contributed by atoms with Crippen LogP contribution in [-0.4, -0.2) is 28.0 Å². The number of nitrogens with zero attached hydrogens (tertiary/aromatic N) is 2. The summed E-state index contributed by atoms with van der Waals surface area (Å²) in [5, 5.41) is 13.4. The Morgan fingerprint density at radius 2 is 2.12 bits per heavy atom. The summed E-state index contributed by atoms with van der Waals surface area (Å²) in [7, 11) is 0. The molecule has 1 aromatic carbocycles. The van der Waals surface area contributed by atoms with Gasteiger partial charge in [0.25, 0.3) is 11.2 Å². The zero-order chi connectivity index (χ0) is 17.1. The van der Waals surface area contributed by atoms with Crippen molar-refractivity contribution in [3.8, 4) is 5.75 Å². The van der Waals surface area contributed by atoms with Gasteiger partial charge in [-0.1, -0.05) is 18.2 Å².